The maximum Gasteiger partial charge on any atom is 0.141 e. The highest BCUT2D eigenvalue weighted by Crippen LogP contribution is 2.19. The summed E-state index contributed by atoms with van der Waals surface area (Å²) in [5.74, 6) is -0.350. The number of hydrogen-bond donors (Lipinski definition) is 1. The first kappa shape index (κ1) is 12.8. The quantitative estimate of drug-likeness (QED) is 0.874. The molecule has 0 radical (unpaired) electrons. The van der Waals surface area contributed by atoms with Gasteiger partial charge in [-0.3, -0.25) is 0 Å². The van der Waals surface area contributed by atoms with E-state index in [1.807, 2.05) is 6.07 Å². The second kappa shape index (κ2) is 5.34. The molecule has 4 heteroatoms. The van der Waals surface area contributed by atoms with Gasteiger partial charge in [0.15, 0.2) is 0 Å². The molecule has 0 spiro atoms. The van der Waals surface area contributed by atoms with Crippen LogP contribution in [-0.2, 0) is 6.42 Å². The van der Waals surface area contributed by atoms with Crippen molar-refractivity contribution in [2.24, 2.45) is 0 Å². The first-order chi connectivity index (χ1) is 8.08. The Bertz CT molecular complexity index is 397. The van der Waals surface area contributed by atoms with E-state index in [-0.39, 0.29) is 10.8 Å². The van der Waals surface area contributed by atoms with E-state index >= 15 is 0 Å². The highest BCUT2D eigenvalue weighted by atomic mass is 35.5. The lowest BCUT2D eigenvalue weighted by Crippen LogP contribution is -2.55. The van der Waals surface area contributed by atoms with Crippen LogP contribution in [0.5, 0.6) is 0 Å². The van der Waals surface area contributed by atoms with E-state index in [2.05, 4.69) is 24.2 Å². The first-order valence-electron chi connectivity index (χ1n) is 5.95. The summed E-state index contributed by atoms with van der Waals surface area (Å²) in [5, 5.41) is 3.71. The van der Waals surface area contributed by atoms with Gasteiger partial charge in [-0.05, 0) is 38.1 Å². The minimum absolute atomic E-state index is 0.208. The molecule has 17 heavy (non-hydrogen) atoms. The maximum atomic E-state index is 13.1. The van der Waals surface area contributed by atoms with Crippen LogP contribution in [0.25, 0.3) is 0 Å². The van der Waals surface area contributed by atoms with Crippen molar-refractivity contribution in [1.82, 2.24) is 10.2 Å². The molecule has 2 atom stereocenters. The molecule has 2 unspecified atom stereocenters. The van der Waals surface area contributed by atoms with E-state index in [9.17, 15) is 4.39 Å². The van der Waals surface area contributed by atoms with E-state index in [4.69, 9.17) is 11.6 Å². The highest BCUT2D eigenvalue weighted by Gasteiger charge is 2.24. The Balaban J connectivity index is 2.07. The van der Waals surface area contributed by atoms with Crippen LogP contribution in [0, 0.1) is 5.82 Å². The molecule has 0 bridgehead atoms. The molecule has 0 saturated carbocycles. The zero-order valence-electron chi connectivity index (χ0n) is 10.2. The van der Waals surface area contributed by atoms with Crippen molar-refractivity contribution in [2.75, 3.05) is 20.1 Å². The van der Waals surface area contributed by atoms with Crippen LogP contribution in [0.15, 0.2) is 18.2 Å². The molecular formula is C13H18ClFN2. The molecule has 1 aliphatic rings. The van der Waals surface area contributed by atoms with Crippen LogP contribution in [0.3, 0.4) is 0 Å². The summed E-state index contributed by atoms with van der Waals surface area (Å²) in [4.78, 5) is 2.34. The zero-order valence-corrected chi connectivity index (χ0v) is 11.0. The Morgan fingerprint density at radius 2 is 2.29 bits per heavy atom. The molecule has 1 aliphatic heterocycles. The summed E-state index contributed by atoms with van der Waals surface area (Å²) >= 11 is 5.79. The van der Waals surface area contributed by atoms with Gasteiger partial charge in [-0.1, -0.05) is 17.7 Å². The smallest absolute Gasteiger partial charge is 0.141 e. The molecule has 2 nitrogen and oxygen atoms in total. The third-order valence-corrected chi connectivity index (χ3v) is 3.88. The normalized spacial score (nSPS) is 26.1. The van der Waals surface area contributed by atoms with Gasteiger partial charge in [0.2, 0.25) is 0 Å². The van der Waals surface area contributed by atoms with Gasteiger partial charge in [0.25, 0.3) is 0 Å². The average molecular weight is 257 g/mol. The topological polar surface area (TPSA) is 15.3 Å². The molecular weight excluding hydrogens is 239 g/mol. The zero-order chi connectivity index (χ0) is 12.4. The van der Waals surface area contributed by atoms with Gasteiger partial charge in [-0.15, -0.1) is 0 Å². The summed E-state index contributed by atoms with van der Waals surface area (Å²) in [6.07, 6.45) is 0.880. The number of nitrogens with zero attached hydrogens (tertiary/aromatic N) is 1. The number of likely N-dealkylation sites (N-methyl/N-ethyl adjacent to an activating group) is 1. The van der Waals surface area contributed by atoms with Crippen molar-refractivity contribution in [3.05, 3.63) is 34.6 Å². The van der Waals surface area contributed by atoms with Crippen LogP contribution >= 0.6 is 11.6 Å². The van der Waals surface area contributed by atoms with Crippen molar-refractivity contribution in [2.45, 2.75) is 25.4 Å². The third kappa shape index (κ3) is 2.97. The number of rotatable bonds is 2. The molecule has 0 aliphatic carbocycles. The molecule has 1 aromatic rings. The molecule has 1 fully saturated rings. The van der Waals surface area contributed by atoms with E-state index in [1.165, 1.54) is 6.07 Å². The average Bonchev–Trinajstić information content (AvgIpc) is 2.30. The van der Waals surface area contributed by atoms with E-state index in [0.717, 1.165) is 25.1 Å². The number of piperazine rings is 1. The molecule has 0 amide bonds. The minimum atomic E-state index is -0.350. The molecule has 1 N–H and O–H groups in total. The Morgan fingerprint density at radius 1 is 1.53 bits per heavy atom. The van der Waals surface area contributed by atoms with Gasteiger partial charge >= 0.3 is 0 Å². The summed E-state index contributed by atoms with van der Waals surface area (Å²) in [6.45, 7) is 4.28. The number of nitrogens with one attached hydrogen (secondary N) is 1. The molecule has 1 saturated heterocycles. The van der Waals surface area contributed by atoms with Crippen LogP contribution in [0.2, 0.25) is 5.02 Å². The molecule has 1 heterocycles. The van der Waals surface area contributed by atoms with Crippen LogP contribution in [-0.4, -0.2) is 37.1 Å². The lowest BCUT2D eigenvalue weighted by molar-refractivity contribution is 0.163. The predicted octanol–water partition coefficient (Wildman–Crippen LogP) is 2.31. The van der Waals surface area contributed by atoms with Crippen molar-refractivity contribution >= 4 is 11.6 Å². The van der Waals surface area contributed by atoms with Crippen molar-refractivity contribution in [3.8, 4) is 0 Å². The Morgan fingerprint density at radius 3 is 3.00 bits per heavy atom. The lowest BCUT2D eigenvalue weighted by Gasteiger charge is -2.38. The van der Waals surface area contributed by atoms with Gasteiger partial charge in [0.1, 0.15) is 5.82 Å². The highest BCUT2D eigenvalue weighted by molar-refractivity contribution is 6.30. The summed E-state index contributed by atoms with van der Waals surface area (Å²) < 4.78 is 13.1. The fourth-order valence-electron chi connectivity index (χ4n) is 2.27. The largest absolute Gasteiger partial charge is 0.311 e. The summed E-state index contributed by atoms with van der Waals surface area (Å²) in [7, 11) is 2.14. The van der Waals surface area contributed by atoms with Crippen LogP contribution in [0.1, 0.15) is 12.5 Å². The fraction of sp³-hybridized carbons (Fsp3) is 0.538. The van der Waals surface area contributed by atoms with Gasteiger partial charge in [0, 0.05) is 25.2 Å². The van der Waals surface area contributed by atoms with Crippen molar-refractivity contribution in [1.29, 1.82) is 0 Å². The van der Waals surface area contributed by atoms with Gasteiger partial charge < -0.3 is 10.2 Å². The molecule has 0 aromatic heterocycles. The monoisotopic (exact) mass is 256 g/mol. The molecule has 1 aromatic carbocycles. The standard InChI is InChI=1S/C13H18ClFN2/c1-9-13(16-5-6-17(9)2)8-10-3-4-12(15)11(14)7-10/h3-4,7,9,13,16H,5-6,8H2,1-2H3. The van der Waals surface area contributed by atoms with E-state index in [0.29, 0.717) is 12.1 Å². The Hall–Kier alpha value is -0.640. The number of halogens is 2. The number of benzene rings is 1. The third-order valence-electron chi connectivity index (χ3n) is 3.59. The SMILES string of the molecule is CC1C(Cc2ccc(F)c(Cl)c2)NCCN1C. The maximum absolute atomic E-state index is 13.1. The predicted molar refractivity (Wildman–Crippen MR) is 69.0 cm³/mol. The van der Waals surface area contributed by atoms with Gasteiger partial charge in [0.05, 0.1) is 5.02 Å². The van der Waals surface area contributed by atoms with E-state index < -0.39 is 0 Å². The van der Waals surface area contributed by atoms with Crippen molar-refractivity contribution < 1.29 is 4.39 Å². The first-order valence-corrected chi connectivity index (χ1v) is 6.33. The van der Waals surface area contributed by atoms with Crippen LogP contribution < -0.4 is 5.32 Å². The molecule has 2 rings (SSSR count). The minimum Gasteiger partial charge on any atom is -0.311 e. The lowest BCUT2D eigenvalue weighted by atomic mass is 9.98. The second-order valence-corrected chi connectivity index (χ2v) is 5.14. The van der Waals surface area contributed by atoms with Gasteiger partial charge in [-0.2, -0.15) is 0 Å². The van der Waals surface area contributed by atoms with Crippen LogP contribution in [0.4, 0.5) is 4.39 Å². The second-order valence-electron chi connectivity index (χ2n) is 4.73. The van der Waals surface area contributed by atoms with E-state index in [1.54, 1.807) is 6.07 Å². The van der Waals surface area contributed by atoms with Gasteiger partial charge in [-0.25, -0.2) is 4.39 Å². The Kier molecular flexibility index (Phi) is 4.02. The summed E-state index contributed by atoms with van der Waals surface area (Å²) in [6, 6.07) is 5.85. The fourth-order valence-corrected chi connectivity index (χ4v) is 2.47. The summed E-state index contributed by atoms with van der Waals surface area (Å²) in [5.41, 5.74) is 1.08. The van der Waals surface area contributed by atoms with Crippen molar-refractivity contribution in [3.63, 3.8) is 0 Å². The Labute approximate surface area is 107 Å². The number of hydrogen-bond acceptors (Lipinski definition) is 2. The molecule has 94 valence electrons.